The number of nitrogens with two attached hydrogens (primary N) is 1. The van der Waals surface area contributed by atoms with E-state index in [9.17, 15) is 0 Å². The van der Waals surface area contributed by atoms with E-state index in [1.807, 2.05) is 6.92 Å². The van der Waals surface area contributed by atoms with Gasteiger partial charge in [0.2, 0.25) is 5.96 Å². The number of nitrogens with one attached hydrogen (secondary N) is 1. The SMILES string of the molecule is CCN=C(NN)N1CCC(C(C)(C)C)CC1. The second-order valence-electron chi connectivity index (χ2n) is 5.57. The average molecular weight is 226 g/mol. The van der Waals surface area contributed by atoms with Gasteiger partial charge in [-0.15, -0.1) is 0 Å². The van der Waals surface area contributed by atoms with Crippen LogP contribution in [-0.4, -0.2) is 30.5 Å². The number of hydrogen-bond acceptors (Lipinski definition) is 2. The van der Waals surface area contributed by atoms with E-state index in [2.05, 4.69) is 36.1 Å². The molecule has 1 heterocycles. The van der Waals surface area contributed by atoms with Gasteiger partial charge in [-0.2, -0.15) is 0 Å². The fraction of sp³-hybridized carbons (Fsp3) is 0.917. The summed E-state index contributed by atoms with van der Waals surface area (Å²) in [5.41, 5.74) is 3.12. The summed E-state index contributed by atoms with van der Waals surface area (Å²) in [5.74, 6) is 7.14. The van der Waals surface area contributed by atoms with Gasteiger partial charge >= 0.3 is 0 Å². The Morgan fingerprint density at radius 1 is 1.38 bits per heavy atom. The van der Waals surface area contributed by atoms with Gasteiger partial charge in [0.25, 0.3) is 0 Å². The zero-order chi connectivity index (χ0) is 12.2. The number of aliphatic imine (C=N–C) groups is 1. The van der Waals surface area contributed by atoms with E-state index in [0.29, 0.717) is 5.41 Å². The number of nitrogens with zero attached hydrogens (tertiary/aromatic N) is 2. The average Bonchev–Trinajstić information content (AvgIpc) is 2.25. The van der Waals surface area contributed by atoms with E-state index >= 15 is 0 Å². The zero-order valence-electron chi connectivity index (χ0n) is 11.1. The van der Waals surface area contributed by atoms with Crippen LogP contribution in [0.3, 0.4) is 0 Å². The first-order chi connectivity index (χ1) is 7.49. The van der Waals surface area contributed by atoms with Crippen LogP contribution in [-0.2, 0) is 0 Å². The summed E-state index contributed by atoms with van der Waals surface area (Å²) in [6.45, 7) is 11.9. The lowest BCUT2D eigenvalue weighted by Gasteiger charge is -2.39. The molecule has 3 N–H and O–H groups in total. The van der Waals surface area contributed by atoms with Crippen LogP contribution in [0.2, 0.25) is 0 Å². The van der Waals surface area contributed by atoms with Gasteiger partial charge in [0.1, 0.15) is 0 Å². The van der Waals surface area contributed by atoms with Crippen molar-refractivity contribution >= 4 is 5.96 Å². The standard InChI is InChI=1S/C12H26N4/c1-5-14-11(15-13)16-8-6-10(7-9-16)12(2,3)4/h10H,5-9,13H2,1-4H3,(H,14,15). The van der Waals surface area contributed by atoms with E-state index < -0.39 is 0 Å². The molecule has 1 aliphatic rings. The number of guanidine groups is 1. The lowest BCUT2D eigenvalue weighted by molar-refractivity contribution is 0.147. The van der Waals surface area contributed by atoms with Crippen LogP contribution < -0.4 is 11.3 Å². The third-order valence-electron chi connectivity index (χ3n) is 3.46. The number of rotatable bonds is 1. The molecule has 1 saturated heterocycles. The predicted octanol–water partition coefficient (Wildman–Crippen LogP) is 1.58. The van der Waals surface area contributed by atoms with Crippen molar-refractivity contribution < 1.29 is 0 Å². The lowest BCUT2D eigenvalue weighted by Crippen LogP contribution is -2.49. The van der Waals surface area contributed by atoms with Crippen LogP contribution >= 0.6 is 0 Å². The lowest BCUT2D eigenvalue weighted by atomic mass is 9.75. The third kappa shape index (κ3) is 3.37. The van der Waals surface area contributed by atoms with Crippen LogP contribution in [0.15, 0.2) is 4.99 Å². The molecule has 4 nitrogen and oxygen atoms in total. The molecule has 94 valence electrons. The fourth-order valence-corrected chi connectivity index (χ4v) is 2.34. The summed E-state index contributed by atoms with van der Waals surface area (Å²) in [6, 6.07) is 0. The molecule has 1 fully saturated rings. The Kier molecular flexibility index (Phi) is 4.59. The molecule has 0 amide bonds. The van der Waals surface area contributed by atoms with Gasteiger partial charge in [-0.3, -0.25) is 10.4 Å². The number of piperidine rings is 1. The Labute approximate surface area is 99.3 Å². The quantitative estimate of drug-likeness (QED) is 0.309. The monoisotopic (exact) mass is 226 g/mol. The van der Waals surface area contributed by atoms with Gasteiger partial charge in [0.15, 0.2) is 0 Å². The highest BCUT2D eigenvalue weighted by Gasteiger charge is 2.29. The molecule has 16 heavy (non-hydrogen) atoms. The summed E-state index contributed by atoms with van der Waals surface area (Å²) < 4.78 is 0. The van der Waals surface area contributed by atoms with Crippen molar-refractivity contribution in [2.75, 3.05) is 19.6 Å². The first kappa shape index (κ1) is 13.3. The van der Waals surface area contributed by atoms with Crippen molar-refractivity contribution in [3.05, 3.63) is 0 Å². The highest BCUT2D eigenvalue weighted by molar-refractivity contribution is 5.79. The topological polar surface area (TPSA) is 53.6 Å². The number of hydrazine groups is 1. The number of likely N-dealkylation sites (tertiary alicyclic amines) is 1. The molecule has 0 aliphatic carbocycles. The van der Waals surface area contributed by atoms with E-state index in [1.165, 1.54) is 12.8 Å². The van der Waals surface area contributed by atoms with Crippen LogP contribution in [0.4, 0.5) is 0 Å². The molecule has 0 radical (unpaired) electrons. The van der Waals surface area contributed by atoms with E-state index in [-0.39, 0.29) is 0 Å². The second-order valence-corrected chi connectivity index (χ2v) is 5.57. The van der Waals surface area contributed by atoms with Crippen molar-refractivity contribution in [3.63, 3.8) is 0 Å². The normalized spacial score (nSPS) is 20.1. The highest BCUT2D eigenvalue weighted by atomic mass is 15.4. The van der Waals surface area contributed by atoms with Gasteiger partial charge in [-0.05, 0) is 31.1 Å². The summed E-state index contributed by atoms with van der Waals surface area (Å²) in [7, 11) is 0. The summed E-state index contributed by atoms with van der Waals surface area (Å²) in [6.07, 6.45) is 2.46. The van der Waals surface area contributed by atoms with E-state index in [4.69, 9.17) is 5.84 Å². The van der Waals surface area contributed by atoms with Crippen LogP contribution in [0, 0.1) is 11.3 Å². The third-order valence-corrected chi connectivity index (χ3v) is 3.46. The Bertz CT molecular complexity index is 234. The predicted molar refractivity (Wildman–Crippen MR) is 69.1 cm³/mol. The van der Waals surface area contributed by atoms with E-state index in [1.54, 1.807) is 0 Å². The Hall–Kier alpha value is -0.770. The highest BCUT2D eigenvalue weighted by Crippen LogP contribution is 2.34. The van der Waals surface area contributed by atoms with Gasteiger partial charge < -0.3 is 4.90 Å². The molecule has 0 aromatic carbocycles. The van der Waals surface area contributed by atoms with Crippen LogP contribution in [0.5, 0.6) is 0 Å². The molecule has 0 atom stereocenters. The molecule has 0 spiro atoms. The zero-order valence-corrected chi connectivity index (χ0v) is 11.1. The van der Waals surface area contributed by atoms with Gasteiger partial charge in [0.05, 0.1) is 0 Å². The Morgan fingerprint density at radius 2 is 1.94 bits per heavy atom. The molecule has 0 aromatic heterocycles. The summed E-state index contributed by atoms with van der Waals surface area (Å²) in [4.78, 5) is 6.62. The summed E-state index contributed by atoms with van der Waals surface area (Å²) >= 11 is 0. The minimum atomic E-state index is 0.421. The number of hydrogen-bond donors (Lipinski definition) is 2. The van der Waals surface area contributed by atoms with Crippen LogP contribution in [0.1, 0.15) is 40.5 Å². The van der Waals surface area contributed by atoms with Crippen molar-refractivity contribution in [1.29, 1.82) is 0 Å². The van der Waals surface area contributed by atoms with E-state index in [0.717, 1.165) is 31.5 Å². The first-order valence-electron chi connectivity index (χ1n) is 6.25. The molecule has 1 rings (SSSR count). The Balaban J connectivity index is 2.51. The van der Waals surface area contributed by atoms with Gasteiger partial charge in [-0.1, -0.05) is 20.8 Å². The maximum Gasteiger partial charge on any atom is 0.208 e. The first-order valence-corrected chi connectivity index (χ1v) is 6.25. The smallest absolute Gasteiger partial charge is 0.208 e. The van der Waals surface area contributed by atoms with Crippen molar-refractivity contribution in [1.82, 2.24) is 10.3 Å². The minimum absolute atomic E-state index is 0.421. The van der Waals surface area contributed by atoms with Gasteiger partial charge in [-0.25, -0.2) is 5.84 Å². The van der Waals surface area contributed by atoms with Crippen molar-refractivity contribution in [2.45, 2.75) is 40.5 Å². The molecule has 0 aromatic rings. The second kappa shape index (κ2) is 5.53. The molecule has 1 aliphatic heterocycles. The largest absolute Gasteiger partial charge is 0.342 e. The molecule has 0 bridgehead atoms. The maximum atomic E-state index is 5.49. The minimum Gasteiger partial charge on any atom is -0.342 e. The maximum absolute atomic E-state index is 5.49. The van der Waals surface area contributed by atoms with Crippen molar-refractivity contribution in [3.8, 4) is 0 Å². The summed E-state index contributed by atoms with van der Waals surface area (Å²) in [5, 5.41) is 0. The molecular weight excluding hydrogens is 200 g/mol. The molecular formula is C12H26N4. The fourth-order valence-electron chi connectivity index (χ4n) is 2.34. The molecule has 0 unspecified atom stereocenters. The Morgan fingerprint density at radius 3 is 2.31 bits per heavy atom. The van der Waals surface area contributed by atoms with Crippen molar-refractivity contribution in [2.24, 2.45) is 22.2 Å². The molecule has 4 heteroatoms. The molecule has 0 saturated carbocycles. The van der Waals surface area contributed by atoms with Crippen LogP contribution in [0.25, 0.3) is 0 Å². The van der Waals surface area contributed by atoms with Gasteiger partial charge in [0, 0.05) is 19.6 Å².